The van der Waals surface area contributed by atoms with E-state index in [0.717, 1.165) is 13.1 Å². The van der Waals surface area contributed by atoms with Crippen molar-refractivity contribution < 1.29 is 4.57 Å². The average molecular weight is 376 g/mol. The lowest BCUT2D eigenvalue weighted by Gasteiger charge is -2.20. The summed E-state index contributed by atoms with van der Waals surface area (Å²) in [7, 11) is 0. The summed E-state index contributed by atoms with van der Waals surface area (Å²) in [4.78, 5) is 3.87. The molecule has 0 spiro atoms. The maximum atomic E-state index is 2.50. The standard InChI is InChI=1S/C24H27N2S/c1-3-5-10-17-26-22-13-8-9-14-23(22)27-24(26)18-20-16-15-19-11-6-7-12-21(19)25(20)4-2/h6-9,11-16,18H,3-5,10,17H2,1-2H3/q+1. The monoisotopic (exact) mass is 375 g/mol. The molecule has 0 saturated carbocycles. The molecule has 2 nitrogen and oxygen atoms in total. The van der Waals surface area contributed by atoms with E-state index in [-0.39, 0.29) is 0 Å². The fourth-order valence-electron chi connectivity index (χ4n) is 3.79. The summed E-state index contributed by atoms with van der Waals surface area (Å²) in [5.41, 5.74) is 3.92. The van der Waals surface area contributed by atoms with Crippen LogP contribution >= 0.6 is 11.8 Å². The predicted octanol–water partition coefficient (Wildman–Crippen LogP) is 6.25. The van der Waals surface area contributed by atoms with Gasteiger partial charge >= 0.3 is 0 Å². The molecule has 0 fully saturated rings. The molecule has 0 amide bonds. The van der Waals surface area contributed by atoms with Crippen molar-refractivity contribution >= 4 is 34.4 Å². The van der Waals surface area contributed by atoms with Crippen molar-refractivity contribution in [3.63, 3.8) is 0 Å². The molecule has 3 heteroatoms. The van der Waals surface area contributed by atoms with Crippen molar-refractivity contribution in [1.29, 1.82) is 0 Å². The maximum Gasteiger partial charge on any atom is 0.212 e. The van der Waals surface area contributed by atoms with Crippen LogP contribution in [-0.4, -0.2) is 6.54 Å². The number of fused-ring (bicyclic) bond motifs is 2. The highest BCUT2D eigenvalue weighted by molar-refractivity contribution is 8.03. The normalized spacial score (nSPS) is 14.9. The van der Waals surface area contributed by atoms with Crippen LogP contribution in [0, 0.1) is 0 Å². The van der Waals surface area contributed by atoms with Crippen molar-refractivity contribution in [1.82, 2.24) is 0 Å². The first-order valence-corrected chi connectivity index (χ1v) is 10.8. The first-order chi connectivity index (χ1) is 13.3. The minimum Gasteiger partial charge on any atom is -0.335 e. The van der Waals surface area contributed by atoms with Gasteiger partial charge < -0.3 is 4.90 Å². The highest BCUT2D eigenvalue weighted by Gasteiger charge is 2.25. The van der Waals surface area contributed by atoms with Crippen LogP contribution in [0.5, 0.6) is 0 Å². The number of anilines is 1. The zero-order chi connectivity index (χ0) is 18.6. The number of nitrogens with zero attached hydrogens (tertiary/aromatic N) is 2. The second-order valence-electron chi connectivity index (χ2n) is 6.97. The highest BCUT2D eigenvalue weighted by Crippen LogP contribution is 2.46. The minimum absolute atomic E-state index is 0.966. The van der Waals surface area contributed by atoms with E-state index in [0.29, 0.717) is 0 Å². The van der Waals surface area contributed by atoms with E-state index >= 15 is 0 Å². The number of aromatic nitrogens is 1. The third-order valence-corrected chi connectivity index (χ3v) is 6.29. The van der Waals surface area contributed by atoms with Gasteiger partial charge in [-0.1, -0.05) is 55.8 Å². The van der Waals surface area contributed by atoms with Crippen LogP contribution in [0.15, 0.2) is 70.6 Å². The maximum absolute atomic E-state index is 2.50. The van der Waals surface area contributed by atoms with Gasteiger partial charge in [0.25, 0.3) is 0 Å². The number of pyridine rings is 1. The fraction of sp³-hybridized carbons (Fsp3) is 0.292. The lowest BCUT2D eigenvalue weighted by atomic mass is 10.2. The van der Waals surface area contributed by atoms with Crippen molar-refractivity contribution in [2.45, 2.75) is 44.6 Å². The molecule has 0 saturated heterocycles. The summed E-state index contributed by atoms with van der Waals surface area (Å²) in [5.74, 6) is 0. The van der Waals surface area contributed by atoms with E-state index in [9.17, 15) is 0 Å². The number of hydrogen-bond donors (Lipinski definition) is 0. The Morgan fingerprint density at radius 3 is 2.59 bits per heavy atom. The molecule has 0 atom stereocenters. The van der Waals surface area contributed by atoms with Gasteiger partial charge in [-0.25, -0.2) is 0 Å². The Kier molecular flexibility index (Phi) is 5.49. The molecule has 27 heavy (non-hydrogen) atoms. The van der Waals surface area contributed by atoms with Crippen LogP contribution in [0.4, 0.5) is 5.69 Å². The first kappa shape index (κ1) is 18.1. The Morgan fingerprint density at radius 1 is 0.926 bits per heavy atom. The molecule has 0 radical (unpaired) electrons. The molecule has 0 aliphatic carbocycles. The zero-order valence-electron chi connectivity index (χ0n) is 16.2. The molecule has 0 unspecified atom stereocenters. The van der Waals surface area contributed by atoms with E-state index < -0.39 is 0 Å². The number of hydrogen-bond acceptors (Lipinski definition) is 2. The van der Waals surface area contributed by atoms with E-state index in [1.807, 2.05) is 11.8 Å². The van der Waals surface area contributed by atoms with Gasteiger partial charge in [-0.2, -0.15) is 4.57 Å². The van der Waals surface area contributed by atoms with Gasteiger partial charge in [0.15, 0.2) is 0 Å². The molecule has 138 valence electrons. The molecule has 1 aliphatic heterocycles. The summed E-state index contributed by atoms with van der Waals surface area (Å²) in [6.07, 6.45) is 6.13. The summed E-state index contributed by atoms with van der Waals surface area (Å²) in [6.45, 7) is 6.55. The third kappa shape index (κ3) is 3.61. The average Bonchev–Trinajstić information content (AvgIpc) is 3.05. The molecular weight excluding hydrogens is 348 g/mol. The van der Waals surface area contributed by atoms with E-state index in [1.54, 1.807) is 0 Å². The summed E-state index contributed by atoms with van der Waals surface area (Å²) in [6, 6.07) is 21.9. The quantitative estimate of drug-likeness (QED) is 0.371. The molecule has 2 heterocycles. The molecule has 4 rings (SSSR count). The second kappa shape index (κ2) is 8.18. The van der Waals surface area contributed by atoms with Crippen LogP contribution in [0.25, 0.3) is 17.0 Å². The zero-order valence-corrected chi connectivity index (χ0v) is 17.0. The Balaban J connectivity index is 1.75. The summed E-state index contributed by atoms with van der Waals surface area (Å²) < 4.78 is 2.41. The van der Waals surface area contributed by atoms with Gasteiger partial charge in [-0.3, -0.25) is 0 Å². The third-order valence-electron chi connectivity index (χ3n) is 5.18. The minimum atomic E-state index is 0.966. The molecule has 3 aromatic rings. The molecular formula is C24H27N2S+. The fourth-order valence-corrected chi connectivity index (χ4v) is 4.93. The van der Waals surface area contributed by atoms with E-state index in [2.05, 4.69) is 90.1 Å². The highest BCUT2D eigenvalue weighted by atomic mass is 32.2. The number of benzene rings is 2. The van der Waals surface area contributed by atoms with Crippen molar-refractivity contribution in [3.05, 3.63) is 71.4 Å². The Hall–Kier alpha value is -2.26. The lowest BCUT2D eigenvalue weighted by molar-refractivity contribution is -0.669. The second-order valence-corrected chi connectivity index (χ2v) is 8.03. The van der Waals surface area contributed by atoms with Crippen LogP contribution < -0.4 is 9.47 Å². The van der Waals surface area contributed by atoms with Gasteiger partial charge in [0.1, 0.15) is 6.54 Å². The molecule has 0 N–H and O–H groups in total. The van der Waals surface area contributed by atoms with Crippen LogP contribution in [-0.2, 0) is 6.54 Å². The van der Waals surface area contributed by atoms with E-state index in [4.69, 9.17) is 0 Å². The number of para-hydroxylation sites is 2. The number of rotatable bonds is 6. The van der Waals surface area contributed by atoms with Crippen molar-refractivity contribution in [2.24, 2.45) is 0 Å². The van der Waals surface area contributed by atoms with Gasteiger partial charge in [-0.15, -0.1) is 0 Å². The van der Waals surface area contributed by atoms with Crippen molar-refractivity contribution in [2.75, 3.05) is 11.4 Å². The molecule has 1 aliphatic rings. The summed E-state index contributed by atoms with van der Waals surface area (Å²) in [5, 5.41) is 2.63. The Labute approximate surface area is 166 Å². The predicted molar refractivity (Wildman–Crippen MR) is 117 cm³/mol. The first-order valence-electron chi connectivity index (χ1n) is 9.99. The van der Waals surface area contributed by atoms with Gasteiger partial charge in [0, 0.05) is 35.0 Å². The van der Waals surface area contributed by atoms with Crippen LogP contribution in [0.3, 0.4) is 0 Å². The topological polar surface area (TPSA) is 7.12 Å². The summed E-state index contributed by atoms with van der Waals surface area (Å²) >= 11 is 1.90. The van der Waals surface area contributed by atoms with E-state index in [1.165, 1.54) is 51.5 Å². The Morgan fingerprint density at radius 2 is 1.74 bits per heavy atom. The number of thioether (sulfide) groups is 1. The Bertz CT molecular complexity index is 977. The molecule has 1 aromatic heterocycles. The van der Waals surface area contributed by atoms with Crippen LogP contribution in [0.2, 0.25) is 0 Å². The van der Waals surface area contributed by atoms with Crippen LogP contribution in [0.1, 0.15) is 38.8 Å². The largest absolute Gasteiger partial charge is 0.335 e. The smallest absolute Gasteiger partial charge is 0.212 e. The lowest BCUT2D eigenvalue weighted by Crippen LogP contribution is -2.37. The van der Waals surface area contributed by atoms with Gasteiger partial charge in [-0.05, 0) is 37.6 Å². The number of aryl methyl sites for hydroxylation is 1. The van der Waals surface area contributed by atoms with Crippen molar-refractivity contribution in [3.8, 4) is 0 Å². The molecule has 0 bridgehead atoms. The number of unbranched alkanes of at least 4 members (excludes halogenated alkanes) is 2. The SMILES string of the molecule is CCCCCN1/C(=C/c2ccc3ccccc3[n+]2CC)Sc2ccccc21. The van der Waals surface area contributed by atoms with Gasteiger partial charge in [0.05, 0.1) is 10.7 Å². The molecule has 2 aromatic carbocycles. The van der Waals surface area contributed by atoms with Gasteiger partial charge in [0.2, 0.25) is 11.2 Å².